The zero-order chi connectivity index (χ0) is 19.4. The summed E-state index contributed by atoms with van der Waals surface area (Å²) in [6.07, 6.45) is 1.93. The third kappa shape index (κ3) is 4.74. The molecule has 1 amide bonds. The maximum atomic E-state index is 12.4. The quantitative estimate of drug-likeness (QED) is 0.790. The van der Waals surface area contributed by atoms with E-state index in [-0.39, 0.29) is 24.0 Å². The largest absolute Gasteiger partial charge is 0.459 e. The van der Waals surface area contributed by atoms with Crippen LogP contribution in [0.15, 0.2) is 48.5 Å². The molecule has 5 heteroatoms. The average Bonchev–Trinajstić information content (AvgIpc) is 3.06. The number of rotatable bonds is 6. The number of esters is 1. The van der Waals surface area contributed by atoms with Gasteiger partial charge in [0, 0.05) is 11.7 Å². The van der Waals surface area contributed by atoms with Gasteiger partial charge in [0.15, 0.2) is 0 Å². The second-order valence-electron chi connectivity index (χ2n) is 7.25. The lowest BCUT2D eigenvalue weighted by molar-refractivity contribution is -0.117. The molecule has 2 aromatic carbocycles. The first-order valence-corrected chi connectivity index (χ1v) is 9.33. The van der Waals surface area contributed by atoms with Gasteiger partial charge in [-0.2, -0.15) is 0 Å². The van der Waals surface area contributed by atoms with Crippen molar-refractivity contribution in [3.63, 3.8) is 0 Å². The Morgan fingerprint density at radius 2 is 1.85 bits per heavy atom. The van der Waals surface area contributed by atoms with Crippen LogP contribution in [0.2, 0.25) is 0 Å². The van der Waals surface area contributed by atoms with E-state index in [2.05, 4.69) is 34.5 Å². The monoisotopic (exact) mass is 366 g/mol. The fourth-order valence-electron chi connectivity index (χ4n) is 3.50. The van der Waals surface area contributed by atoms with E-state index in [4.69, 9.17) is 4.74 Å². The van der Waals surface area contributed by atoms with Crippen molar-refractivity contribution in [1.82, 2.24) is 4.90 Å². The number of nitrogens with zero attached hydrogens (tertiary/aromatic N) is 1. The Balaban J connectivity index is 1.56. The lowest BCUT2D eigenvalue weighted by atomic mass is 10.1. The fraction of sp³-hybridized carbons (Fsp3) is 0.364. The molecule has 0 heterocycles. The standard InChI is InChI=1S/C22H26N2O3/c1-15(2)27-22(26)17-8-11-18(12-9-17)23-21(25)14-24(3)20-13-10-16-6-4-5-7-19(16)20/h4-9,11-12,15,20H,10,13-14H2,1-3H3,(H,23,25)/t20-/m1/s1. The zero-order valence-electron chi connectivity index (χ0n) is 16.1. The van der Waals surface area contributed by atoms with Gasteiger partial charge in [0.1, 0.15) is 0 Å². The van der Waals surface area contributed by atoms with Crippen LogP contribution in [-0.4, -0.2) is 36.5 Å². The van der Waals surface area contributed by atoms with Gasteiger partial charge in [-0.05, 0) is 69.1 Å². The van der Waals surface area contributed by atoms with Crippen molar-refractivity contribution in [3.8, 4) is 0 Å². The molecule has 0 unspecified atom stereocenters. The minimum Gasteiger partial charge on any atom is -0.459 e. The Morgan fingerprint density at radius 1 is 1.15 bits per heavy atom. The van der Waals surface area contributed by atoms with Crippen molar-refractivity contribution in [2.75, 3.05) is 18.9 Å². The summed E-state index contributed by atoms with van der Waals surface area (Å²) in [5.41, 5.74) is 3.84. The summed E-state index contributed by atoms with van der Waals surface area (Å²) >= 11 is 0. The summed E-state index contributed by atoms with van der Waals surface area (Å²) in [6.45, 7) is 3.94. The van der Waals surface area contributed by atoms with Gasteiger partial charge in [0.2, 0.25) is 5.91 Å². The van der Waals surface area contributed by atoms with Gasteiger partial charge in [-0.15, -0.1) is 0 Å². The molecule has 0 saturated heterocycles. The van der Waals surface area contributed by atoms with Gasteiger partial charge in [-0.1, -0.05) is 24.3 Å². The van der Waals surface area contributed by atoms with Crippen LogP contribution in [0.5, 0.6) is 0 Å². The first-order chi connectivity index (χ1) is 12.9. The van der Waals surface area contributed by atoms with Crippen LogP contribution in [0.1, 0.15) is 47.8 Å². The Hall–Kier alpha value is -2.66. The van der Waals surface area contributed by atoms with Crippen LogP contribution < -0.4 is 5.32 Å². The molecule has 0 aliphatic heterocycles. The van der Waals surface area contributed by atoms with Gasteiger partial charge >= 0.3 is 5.97 Å². The van der Waals surface area contributed by atoms with Crippen molar-refractivity contribution in [2.24, 2.45) is 0 Å². The lowest BCUT2D eigenvalue weighted by Gasteiger charge is -2.24. The zero-order valence-corrected chi connectivity index (χ0v) is 16.1. The molecular weight excluding hydrogens is 340 g/mol. The van der Waals surface area contributed by atoms with Crippen LogP contribution in [0.4, 0.5) is 5.69 Å². The van der Waals surface area contributed by atoms with Gasteiger partial charge in [0.05, 0.1) is 18.2 Å². The van der Waals surface area contributed by atoms with Crippen LogP contribution in [0.25, 0.3) is 0 Å². The molecule has 0 saturated carbocycles. The molecule has 1 N–H and O–H groups in total. The predicted octanol–water partition coefficient (Wildman–Crippen LogP) is 3.81. The van der Waals surface area contributed by atoms with Crippen molar-refractivity contribution < 1.29 is 14.3 Å². The summed E-state index contributed by atoms with van der Waals surface area (Å²) in [5, 5.41) is 2.89. The molecular formula is C22H26N2O3. The Bertz CT molecular complexity index is 815. The molecule has 5 nitrogen and oxygen atoms in total. The van der Waals surface area contributed by atoms with Crippen LogP contribution in [0.3, 0.4) is 0 Å². The molecule has 0 fully saturated rings. The average molecular weight is 366 g/mol. The number of amides is 1. The highest BCUT2D eigenvalue weighted by Gasteiger charge is 2.26. The van der Waals surface area contributed by atoms with E-state index in [0.29, 0.717) is 17.8 Å². The second kappa shape index (κ2) is 8.35. The molecule has 1 aliphatic rings. The summed E-state index contributed by atoms with van der Waals surface area (Å²) in [7, 11) is 1.98. The number of anilines is 1. The van der Waals surface area contributed by atoms with Crippen molar-refractivity contribution in [2.45, 2.75) is 38.8 Å². The summed E-state index contributed by atoms with van der Waals surface area (Å²) in [5.74, 6) is -0.429. The Kier molecular flexibility index (Phi) is 5.91. The molecule has 0 aromatic heterocycles. The lowest BCUT2D eigenvalue weighted by Crippen LogP contribution is -2.32. The predicted molar refractivity (Wildman–Crippen MR) is 106 cm³/mol. The van der Waals surface area contributed by atoms with E-state index in [1.807, 2.05) is 20.9 Å². The van der Waals surface area contributed by atoms with E-state index < -0.39 is 0 Å². The van der Waals surface area contributed by atoms with Crippen molar-refractivity contribution >= 4 is 17.6 Å². The summed E-state index contributed by atoms with van der Waals surface area (Å²) < 4.78 is 5.16. The van der Waals surface area contributed by atoms with Crippen LogP contribution >= 0.6 is 0 Å². The number of benzene rings is 2. The molecule has 3 rings (SSSR count). The first kappa shape index (κ1) is 19.1. The topological polar surface area (TPSA) is 58.6 Å². The van der Waals surface area contributed by atoms with Crippen LogP contribution in [0, 0.1) is 0 Å². The van der Waals surface area contributed by atoms with E-state index in [0.717, 1.165) is 12.8 Å². The fourth-order valence-corrected chi connectivity index (χ4v) is 3.50. The minimum absolute atomic E-state index is 0.0700. The van der Waals surface area contributed by atoms with Gasteiger partial charge < -0.3 is 10.1 Å². The van der Waals surface area contributed by atoms with E-state index in [1.54, 1.807) is 24.3 Å². The molecule has 0 spiro atoms. The van der Waals surface area contributed by atoms with E-state index in [9.17, 15) is 9.59 Å². The number of likely N-dealkylation sites (N-methyl/N-ethyl adjacent to an activating group) is 1. The highest BCUT2D eigenvalue weighted by molar-refractivity contribution is 5.94. The second-order valence-corrected chi connectivity index (χ2v) is 7.25. The third-order valence-corrected chi connectivity index (χ3v) is 4.77. The molecule has 0 radical (unpaired) electrons. The molecule has 2 aromatic rings. The SMILES string of the molecule is CC(C)OC(=O)c1ccc(NC(=O)CN(C)[C@@H]2CCc3ccccc32)cc1. The Morgan fingerprint density at radius 3 is 2.56 bits per heavy atom. The number of hydrogen-bond acceptors (Lipinski definition) is 4. The molecule has 1 atom stereocenters. The number of hydrogen-bond donors (Lipinski definition) is 1. The van der Waals surface area contributed by atoms with Crippen LogP contribution in [-0.2, 0) is 16.0 Å². The van der Waals surface area contributed by atoms with Gasteiger partial charge in [-0.25, -0.2) is 4.79 Å². The minimum atomic E-state index is -0.359. The summed E-state index contributed by atoms with van der Waals surface area (Å²) in [6, 6.07) is 15.5. The highest BCUT2D eigenvalue weighted by Crippen LogP contribution is 2.34. The highest BCUT2D eigenvalue weighted by atomic mass is 16.5. The summed E-state index contributed by atoms with van der Waals surface area (Å²) in [4.78, 5) is 26.4. The van der Waals surface area contributed by atoms with Crippen molar-refractivity contribution in [3.05, 3.63) is 65.2 Å². The van der Waals surface area contributed by atoms with Gasteiger partial charge in [-0.3, -0.25) is 9.69 Å². The maximum Gasteiger partial charge on any atom is 0.338 e. The number of carbonyl (C=O) groups is 2. The van der Waals surface area contributed by atoms with Crippen molar-refractivity contribution in [1.29, 1.82) is 0 Å². The molecule has 142 valence electrons. The molecule has 27 heavy (non-hydrogen) atoms. The van der Waals surface area contributed by atoms with Gasteiger partial charge in [0.25, 0.3) is 0 Å². The maximum absolute atomic E-state index is 12.4. The number of aryl methyl sites for hydroxylation is 1. The molecule has 1 aliphatic carbocycles. The number of nitrogens with one attached hydrogen (secondary N) is 1. The third-order valence-electron chi connectivity index (χ3n) is 4.77. The normalized spacial score (nSPS) is 15.7. The smallest absolute Gasteiger partial charge is 0.338 e. The number of ether oxygens (including phenoxy) is 1. The first-order valence-electron chi connectivity index (χ1n) is 9.33. The number of fused-ring (bicyclic) bond motifs is 1. The Labute approximate surface area is 160 Å². The van der Waals surface area contributed by atoms with E-state index in [1.165, 1.54) is 11.1 Å². The van der Waals surface area contributed by atoms with E-state index >= 15 is 0 Å². The molecule has 0 bridgehead atoms. The number of carbonyl (C=O) groups excluding carboxylic acids is 2.